The lowest BCUT2D eigenvalue weighted by molar-refractivity contribution is 0.321. The average molecular weight is 307 g/mol. The Morgan fingerprint density at radius 3 is 2.57 bits per heavy atom. The van der Waals surface area contributed by atoms with Crippen LogP contribution in [0.25, 0.3) is 0 Å². The minimum atomic E-state index is 0.620. The van der Waals surface area contributed by atoms with Gasteiger partial charge >= 0.3 is 0 Å². The molecule has 4 nitrogen and oxygen atoms in total. The number of benzene rings is 1. The first-order chi connectivity index (χ1) is 6.72. The van der Waals surface area contributed by atoms with Crippen molar-refractivity contribution in [3.63, 3.8) is 0 Å². The number of halogens is 1. The van der Waals surface area contributed by atoms with E-state index < -0.39 is 0 Å². The van der Waals surface area contributed by atoms with E-state index in [0.29, 0.717) is 11.5 Å². The van der Waals surface area contributed by atoms with E-state index in [9.17, 15) is 0 Å². The van der Waals surface area contributed by atoms with Crippen LogP contribution in [0.5, 0.6) is 11.5 Å². The molecule has 0 spiro atoms. The van der Waals surface area contributed by atoms with Crippen molar-refractivity contribution in [3.05, 3.63) is 21.3 Å². The standard InChI is InChI=1S/C9H10INO3/c1-13-8-4-6(5-11-12)3-7(10)9(8)14-2/h3-5,12H,1-2H3. The second-order valence-corrected chi connectivity index (χ2v) is 3.64. The Balaban J connectivity index is 3.23. The number of rotatable bonds is 3. The molecule has 5 heteroatoms. The molecule has 76 valence electrons. The van der Waals surface area contributed by atoms with Gasteiger partial charge in [0.1, 0.15) is 0 Å². The molecule has 0 aliphatic carbocycles. The first-order valence-corrected chi connectivity index (χ1v) is 4.89. The molecule has 0 amide bonds. The first-order valence-electron chi connectivity index (χ1n) is 3.82. The Morgan fingerprint density at radius 2 is 2.07 bits per heavy atom. The van der Waals surface area contributed by atoms with E-state index in [-0.39, 0.29) is 0 Å². The third-order valence-electron chi connectivity index (χ3n) is 1.66. The van der Waals surface area contributed by atoms with Crippen LogP contribution < -0.4 is 9.47 Å². The summed E-state index contributed by atoms with van der Waals surface area (Å²) in [6.07, 6.45) is 1.34. The molecule has 0 aromatic heterocycles. The average Bonchev–Trinajstić information content (AvgIpc) is 2.17. The van der Waals surface area contributed by atoms with Gasteiger partial charge in [-0.05, 0) is 34.7 Å². The molecule has 0 saturated carbocycles. The van der Waals surface area contributed by atoms with E-state index in [0.717, 1.165) is 9.13 Å². The molecule has 1 N–H and O–H groups in total. The van der Waals surface area contributed by atoms with E-state index in [1.165, 1.54) is 6.21 Å². The fraction of sp³-hybridized carbons (Fsp3) is 0.222. The Morgan fingerprint density at radius 1 is 1.36 bits per heavy atom. The quantitative estimate of drug-likeness (QED) is 0.403. The second kappa shape index (κ2) is 5.04. The summed E-state index contributed by atoms with van der Waals surface area (Å²) in [5.41, 5.74) is 0.759. The van der Waals surface area contributed by atoms with Gasteiger partial charge in [0.15, 0.2) is 11.5 Å². The molecule has 0 heterocycles. The molecule has 0 aliphatic heterocycles. The van der Waals surface area contributed by atoms with Crippen LogP contribution in [-0.4, -0.2) is 25.6 Å². The summed E-state index contributed by atoms with van der Waals surface area (Å²) in [5.74, 6) is 1.30. The summed E-state index contributed by atoms with van der Waals surface area (Å²) < 4.78 is 11.2. The van der Waals surface area contributed by atoms with Gasteiger partial charge in [-0.1, -0.05) is 5.16 Å². The number of hydrogen-bond donors (Lipinski definition) is 1. The SMILES string of the molecule is COc1cc(C=NO)cc(I)c1OC. The van der Waals surface area contributed by atoms with Crippen LogP contribution in [0.2, 0.25) is 0 Å². The van der Waals surface area contributed by atoms with Gasteiger partial charge in [-0.2, -0.15) is 0 Å². The summed E-state index contributed by atoms with van der Waals surface area (Å²) in [6, 6.07) is 3.57. The Labute approximate surface area is 95.7 Å². The largest absolute Gasteiger partial charge is 0.493 e. The highest BCUT2D eigenvalue weighted by molar-refractivity contribution is 14.1. The van der Waals surface area contributed by atoms with Gasteiger partial charge in [-0.25, -0.2) is 0 Å². The summed E-state index contributed by atoms with van der Waals surface area (Å²) in [5, 5.41) is 11.3. The van der Waals surface area contributed by atoms with Crippen LogP contribution in [0.4, 0.5) is 0 Å². The molecular formula is C9H10INO3. The van der Waals surface area contributed by atoms with Crippen LogP contribution >= 0.6 is 22.6 Å². The predicted octanol–water partition coefficient (Wildman–Crippen LogP) is 2.12. The molecule has 0 unspecified atom stereocenters. The molecule has 0 radical (unpaired) electrons. The summed E-state index contributed by atoms with van der Waals surface area (Å²) in [6.45, 7) is 0. The number of oxime groups is 1. The summed E-state index contributed by atoms with van der Waals surface area (Å²) in [7, 11) is 3.15. The lowest BCUT2D eigenvalue weighted by Crippen LogP contribution is -1.95. The molecule has 0 bridgehead atoms. The van der Waals surface area contributed by atoms with Crippen LogP contribution in [0.1, 0.15) is 5.56 Å². The van der Waals surface area contributed by atoms with Crippen molar-refractivity contribution in [2.24, 2.45) is 5.16 Å². The first kappa shape index (κ1) is 11.1. The highest BCUT2D eigenvalue weighted by atomic mass is 127. The lowest BCUT2D eigenvalue weighted by atomic mass is 10.2. The van der Waals surface area contributed by atoms with E-state index >= 15 is 0 Å². The topological polar surface area (TPSA) is 51.0 Å². The van der Waals surface area contributed by atoms with Gasteiger partial charge in [-0.15, -0.1) is 0 Å². The monoisotopic (exact) mass is 307 g/mol. The predicted molar refractivity (Wildman–Crippen MR) is 61.6 cm³/mol. The van der Waals surface area contributed by atoms with Gasteiger partial charge in [-0.3, -0.25) is 0 Å². The van der Waals surface area contributed by atoms with Crippen LogP contribution in [0, 0.1) is 3.57 Å². The molecule has 1 aromatic carbocycles. The molecule has 0 fully saturated rings. The van der Waals surface area contributed by atoms with Crippen molar-refractivity contribution < 1.29 is 14.7 Å². The van der Waals surface area contributed by atoms with Gasteiger partial charge < -0.3 is 14.7 Å². The molecule has 0 atom stereocenters. The van der Waals surface area contributed by atoms with Crippen molar-refractivity contribution in [2.75, 3.05) is 14.2 Å². The zero-order valence-electron chi connectivity index (χ0n) is 7.82. The second-order valence-electron chi connectivity index (χ2n) is 2.48. The lowest BCUT2D eigenvalue weighted by Gasteiger charge is -2.09. The smallest absolute Gasteiger partial charge is 0.174 e. The van der Waals surface area contributed by atoms with Crippen LogP contribution in [-0.2, 0) is 0 Å². The molecular weight excluding hydrogens is 297 g/mol. The normalized spacial score (nSPS) is 10.5. The Hall–Kier alpha value is -0.980. The van der Waals surface area contributed by atoms with Crippen molar-refractivity contribution in [1.82, 2.24) is 0 Å². The zero-order valence-corrected chi connectivity index (χ0v) is 9.98. The molecule has 1 aromatic rings. The van der Waals surface area contributed by atoms with E-state index in [1.54, 1.807) is 20.3 Å². The number of methoxy groups -OCH3 is 2. The van der Waals surface area contributed by atoms with Crippen molar-refractivity contribution in [1.29, 1.82) is 0 Å². The van der Waals surface area contributed by atoms with Crippen LogP contribution in [0.3, 0.4) is 0 Å². The number of ether oxygens (including phenoxy) is 2. The van der Waals surface area contributed by atoms with Gasteiger partial charge in [0, 0.05) is 5.56 Å². The van der Waals surface area contributed by atoms with Gasteiger partial charge in [0.25, 0.3) is 0 Å². The van der Waals surface area contributed by atoms with Crippen LogP contribution in [0.15, 0.2) is 17.3 Å². The van der Waals surface area contributed by atoms with Gasteiger partial charge in [0.05, 0.1) is 24.0 Å². The number of hydrogen-bond acceptors (Lipinski definition) is 4. The summed E-state index contributed by atoms with van der Waals surface area (Å²) >= 11 is 2.13. The highest BCUT2D eigenvalue weighted by Gasteiger charge is 2.09. The summed E-state index contributed by atoms with van der Waals surface area (Å²) in [4.78, 5) is 0. The fourth-order valence-corrected chi connectivity index (χ4v) is 1.92. The maximum absolute atomic E-state index is 8.40. The van der Waals surface area contributed by atoms with Gasteiger partial charge in [0.2, 0.25) is 0 Å². The minimum Gasteiger partial charge on any atom is -0.493 e. The highest BCUT2D eigenvalue weighted by Crippen LogP contribution is 2.32. The Bertz CT molecular complexity index is 352. The molecule has 14 heavy (non-hydrogen) atoms. The van der Waals surface area contributed by atoms with Crippen molar-refractivity contribution >= 4 is 28.8 Å². The van der Waals surface area contributed by atoms with E-state index in [4.69, 9.17) is 14.7 Å². The molecule has 0 saturated heterocycles. The molecule has 1 rings (SSSR count). The van der Waals surface area contributed by atoms with E-state index in [1.807, 2.05) is 6.07 Å². The van der Waals surface area contributed by atoms with E-state index in [2.05, 4.69) is 27.7 Å². The van der Waals surface area contributed by atoms with Crippen molar-refractivity contribution in [2.45, 2.75) is 0 Å². The van der Waals surface area contributed by atoms with Crippen molar-refractivity contribution in [3.8, 4) is 11.5 Å². The molecule has 0 aliphatic rings. The Kier molecular flexibility index (Phi) is 3.99. The third kappa shape index (κ3) is 2.28. The maximum Gasteiger partial charge on any atom is 0.174 e. The minimum absolute atomic E-state index is 0.620. The zero-order chi connectivity index (χ0) is 10.6. The third-order valence-corrected chi connectivity index (χ3v) is 2.46. The maximum atomic E-state index is 8.40. The number of nitrogens with zero attached hydrogens (tertiary/aromatic N) is 1. The fourth-order valence-electron chi connectivity index (χ4n) is 1.08.